The predicted octanol–water partition coefficient (Wildman–Crippen LogP) is 3.45. The molecule has 2 rings (SSSR count). The van der Waals surface area contributed by atoms with E-state index in [1.165, 1.54) is 5.56 Å². The normalized spacial score (nSPS) is 18.4. The molecule has 1 fully saturated rings. The van der Waals surface area contributed by atoms with Crippen LogP contribution < -0.4 is 5.32 Å². The summed E-state index contributed by atoms with van der Waals surface area (Å²) >= 11 is 0. The summed E-state index contributed by atoms with van der Waals surface area (Å²) in [6.45, 7) is 10.4. The fraction of sp³-hybridized carbons (Fsp3) is 0.667. The van der Waals surface area contributed by atoms with Crippen LogP contribution in [0, 0.1) is 11.3 Å². The van der Waals surface area contributed by atoms with Crippen LogP contribution in [0.15, 0.2) is 24.3 Å². The van der Waals surface area contributed by atoms with Gasteiger partial charge in [-0.3, -0.25) is 4.79 Å². The van der Waals surface area contributed by atoms with Crippen molar-refractivity contribution in [2.75, 3.05) is 26.4 Å². The van der Waals surface area contributed by atoms with Crippen molar-refractivity contribution in [2.24, 2.45) is 11.3 Å². The third-order valence-electron chi connectivity index (χ3n) is 5.44. The fourth-order valence-electron chi connectivity index (χ4n) is 3.51. The molecule has 0 spiro atoms. The largest absolute Gasteiger partial charge is 0.396 e. The summed E-state index contributed by atoms with van der Waals surface area (Å²) in [5, 5.41) is 12.9. The first-order valence-corrected chi connectivity index (χ1v) is 9.45. The minimum absolute atomic E-state index is 0.0478. The van der Waals surface area contributed by atoms with Crippen molar-refractivity contribution in [2.45, 2.75) is 52.4 Å². The lowest BCUT2D eigenvalue weighted by atomic mass is 9.80. The van der Waals surface area contributed by atoms with Crippen molar-refractivity contribution in [1.82, 2.24) is 5.32 Å². The number of amides is 1. The number of rotatable bonds is 7. The van der Waals surface area contributed by atoms with E-state index in [0.717, 1.165) is 18.4 Å². The van der Waals surface area contributed by atoms with Gasteiger partial charge in [0.1, 0.15) is 0 Å². The predicted molar refractivity (Wildman–Crippen MR) is 101 cm³/mol. The number of ether oxygens (including phenoxy) is 1. The number of hydrogen-bond donors (Lipinski definition) is 2. The highest BCUT2D eigenvalue weighted by Crippen LogP contribution is 2.30. The van der Waals surface area contributed by atoms with Crippen LogP contribution in [0.3, 0.4) is 0 Å². The van der Waals surface area contributed by atoms with E-state index in [1.807, 2.05) is 0 Å². The van der Waals surface area contributed by atoms with Gasteiger partial charge in [-0.2, -0.15) is 0 Å². The molecule has 0 radical (unpaired) electrons. The van der Waals surface area contributed by atoms with Crippen molar-refractivity contribution in [1.29, 1.82) is 0 Å². The lowest BCUT2D eigenvalue weighted by molar-refractivity contribution is -0.124. The summed E-state index contributed by atoms with van der Waals surface area (Å²) in [6.07, 6.45) is 1.58. The Morgan fingerprint density at radius 2 is 1.68 bits per heavy atom. The quantitative estimate of drug-likeness (QED) is 0.794. The van der Waals surface area contributed by atoms with Crippen molar-refractivity contribution in [3.63, 3.8) is 0 Å². The van der Waals surface area contributed by atoms with Crippen molar-refractivity contribution in [3.05, 3.63) is 35.4 Å². The number of benzene rings is 1. The lowest BCUT2D eigenvalue weighted by Gasteiger charge is -2.36. The molecule has 1 unspecified atom stereocenters. The van der Waals surface area contributed by atoms with Gasteiger partial charge >= 0.3 is 0 Å². The van der Waals surface area contributed by atoms with E-state index in [9.17, 15) is 9.90 Å². The highest BCUT2D eigenvalue weighted by atomic mass is 16.5. The third kappa shape index (κ3) is 5.05. The molecule has 0 saturated carbocycles. The molecular weight excluding hydrogens is 314 g/mol. The number of aliphatic hydroxyl groups is 1. The summed E-state index contributed by atoms with van der Waals surface area (Å²) in [6, 6.07) is 8.40. The van der Waals surface area contributed by atoms with E-state index >= 15 is 0 Å². The Kier molecular flexibility index (Phi) is 7.03. The lowest BCUT2D eigenvalue weighted by Crippen LogP contribution is -2.45. The van der Waals surface area contributed by atoms with E-state index in [4.69, 9.17) is 4.74 Å². The van der Waals surface area contributed by atoms with Crippen LogP contribution in [0.5, 0.6) is 0 Å². The summed E-state index contributed by atoms with van der Waals surface area (Å²) < 4.78 is 5.40. The molecule has 140 valence electrons. The molecule has 4 nitrogen and oxygen atoms in total. The van der Waals surface area contributed by atoms with Gasteiger partial charge in [-0.15, -0.1) is 0 Å². The Balaban J connectivity index is 2.07. The van der Waals surface area contributed by atoms with Crippen molar-refractivity contribution >= 4 is 5.91 Å². The zero-order chi connectivity index (χ0) is 18.4. The first kappa shape index (κ1) is 19.9. The summed E-state index contributed by atoms with van der Waals surface area (Å²) in [4.78, 5) is 12.9. The van der Waals surface area contributed by atoms with Gasteiger partial charge in [-0.25, -0.2) is 0 Å². The van der Waals surface area contributed by atoms with Gasteiger partial charge < -0.3 is 15.2 Å². The molecule has 4 heteroatoms. The van der Waals surface area contributed by atoms with Gasteiger partial charge in [0.15, 0.2) is 0 Å². The molecule has 1 aliphatic heterocycles. The SMILES string of the molecule is CC(C)c1ccc(C(C(=O)NCC2(CO)CCOCC2)C(C)C)cc1. The molecule has 2 N–H and O–H groups in total. The molecule has 1 aliphatic rings. The Morgan fingerprint density at radius 1 is 1.12 bits per heavy atom. The van der Waals surface area contributed by atoms with Crippen LogP contribution >= 0.6 is 0 Å². The van der Waals surface area contributed by atoms with Crippen LogP contribution in [-0.4, -0.2) is 37.4 Å². The summed E-state index contributed by atoms with van der Waals surface area (Å²) in [5.41, 5.74) is 2.10. The van der Waals surface area contributed by atoms with Gasteiger partial charge in [-0.1, -0.05) is 52.0 Å². The van der Waals surface area contributed by atoms with E-state index in [0.29, 0.717) is 25.7 Å². The van der Waals surface area contributed by atoms with Crippen LogP contribution in [0.1, 0.15) is 63.5 Å². The van der Waals surface area contributed by atoms with E-state index in [1.54, 1.807) is 0 Å². The van der Waals surface area contributed by atoms with Gasteiger partial charge in [0, 0.05) is 25.2 Å². The van der Waals surface area contributed by atoms with E-state index in [-0.39, 0.29) is 29.8 Å². The van der Waals surface area contributed by atoms with Crippen molar-refractivity contribution in [3.8, 4) is 0 Å². The second kappa shape index (κ2) is 8.81. The zero-order valence-corrected chi connectivity index (χ0v) is 16.0. The first-order valence-electron chi connectivity index (χ1n) is 9.45. The second-order valence-corrected chi connectivity index (χ2v) is 8.03. The van der Waals surface area contributed by atoms with Crippen LogP contribution in [0.2, 0.25) is 0 Å². The number of carbonyl (C=O) groups excluding carboxylic acids is 1. The molecule has 1 atom stereocenters. The molecule has 25 heavy (non-hydrogen) atoms. The smallest absolute Gasteiger partial charge is 0.227 e. The van der Waals surface area contributed by atoms with Crippen LogP contribution in [0.25, 0.3) is 0 Å². The first-order chi connectivity index (χ1) is 11.9. The topological polar surface area (TPSA) is 58.6 Å². The Hall–Kier alpha value is -1.39. The van der Waals surface area contributed by atoms with Gasteiger partial charge in [0.05, 0.1) is 12.5 Å². The summed E-state index contributed by atoms with van der Waals surface area (Å²) in [5.74, 6) is 0.575. The third-order valence-corrected chi connectivity index (χ3v) is 5.44. The van der Waals surface area contributed by atoms with Gasteiger partial charge in [0.25, 0.3) is 0 Å². The van der Waals surface area contributed by atoms with Gasteiger partial charge in [-0.05, 0) is 35.8 Å². The highest BCUT2D eigenvalue weighted by molar-refractivity contribution is 5.84. The molecule has 1 heterocycles. The standard InChI is InChI=1S/C21H33NO3/c1-15(2)17-5-7-18(8-6-17)19(16(3)4)20(24)22-13-21(14-23)9-11-25-12-10-21/h5-8,15-16,19,23H,9-14H2,1-4H3,(H,22,24). The zero-order valence-electron chi connectivity index (χ0n) is 16.0. The highest BCUT2D eigenvalue weighted by Gasteiger charge is 2.33. The number of nitrogens with one attached hydrogen (secondary N) is 1. The summed E-state index contributed by atoms with van der Waals surface area (Å²) in [7, 11) is 0. The van der Waals surface area contributed by atoms with E-state index < -0.39 is 0 Å². The molecule has 0 bridgehead atoms. The Morgan fingerprint density at radius 3 is 2.16 bits per heavy atom. The molecular formula is C21H33NO3. The molecule has 1 aromatic rings. The Bertz CT molecular complexity index is 545. The maximum atomic E-state index is 12.9. The Labute approximate surface area is 152 Å². The van der Waals surface area contributed by atoms with Crippen LogP contribution in [-0.2, 0) is 9.53 Å². The van der Waals surface area contributed by atoms with Crippen molar-refractivity contribution < 1.29 is 14.6 Å². The molecule has 1 aromatic carbocycles. The van der Waals surface area contributed by atoms with E-state index in [2.05, 4.69) is 57.3 Å². The second-order valence-electron chi connectivity index (χ2n) is 8.03. The molecule has 0 aromatic heterocycles. The maximum absolute atomic E-state index is 12.9. The molecule has 1 amide bonds. The maximum Gasteiger partial charge on any atom is 0.227 e. The average molecular weight is 347 g/mol. The fourth-order valence-corrected chi connectivity index (χ4v) is 3.51. The number of hydrogen-bond acceptors (Lipinski definition) is 3. The monoisotopic (exact) mass is 347 g/mol. The number of aliphatic hydroxyl groups excluding tert-OH is 1. The van der Waals surface area contributed by atoms with Crippen LogP contribution in [0.4, 0.5) is 0 Å². The minimum Gasteiger partial charge on any atom is -0.396 e. The molecule has 1 saturated heterocycles. The molecule has 0 aliphatic carbocycles. The van der Waals surface area contributed by atoms with Gasteiger partial charge in [0.2, 0.25) is 5.91 Å². The minimum atomic E-state index is -0.239. The average Bonchev–Trinajstić information content (AvgIpc) is 2.61. The number of carbonyl (C=O) groups is 1.